The monoisotopic (exact) mass is 241 g/mol. The van der Waals surface area contributed by atoms with Crippen LogP contribution in [0.1, 0.15) is 38.8 Å². The van der Waals surface area contributed by atoms with Crippen molar-refractivity contribution in [2.24, 2.45) is 0 Å². The summed E-state index contributed by atoms with van der Waals surface area (Å²) in [5, 5.41) is 3.42. The van der Waals surface area contributed by atoms with Crippen molar-refractivity contribution in [3.05, 3.63) is 18.1 Å². The largest absolute Gasteiger partial charge is 0.368 e. The van der Waals surface area contributed by atoms with Crippen LogP contribution in [0.4, 0.5) is 5.82 Å². The summed E-state index contributed by atoms with van der Waals surface area (Å²) in [4.78, 5) is 8.38. The number of nitrogens with one attached hydrogen (secondary N) is 1. The second-order valence-corrected chi connectivity index (χ2v) is 4.53. The lowest BCUT2D eigenvalue weighted by Gasteiger charge is -2.10. The van der Waals surface area contributed by atoms with Gasteiger partial charge in [0.05, 0.1) is 5.38 Å². The van der Waals surface area contributed by atoms with Gasteiger partial charge in [-0.2, -0.15) is 0 Å². The molecule has 0 fully saturated rings. The van der Waals surface area contributed by atoms with E-state index in [1.807, 2.05) is 6.07 Å². The van der Waals surface area contributed by atoms with Crippen molar-refractivity contribution in [2.75, 3.05) is 11.9 Å². The van der Waals surface area contributed by atoms with E-state index >= 15 is 0 Å². The van der Waals surface area contributed by atoms with Gasteiger partial charge in [0.25, 0.3) is 0 Å². The van der Waals surface area contributed by atoms with Crippen LogP contribution in [0.2, 0.25) is 0 Å². The second-order valence-electron chi connectivity index (χ2n) is 3.91. The van der Waals surface area contributed by atoms with Gasteiger partial charge in [0.1, 0.15) is 12.1 Å². The molecule has 1 aromatic heterocycles. The number of nitrogens with zero attached hydrogens (tertiary/aromatic N) is 2. The van der Waals surface area contributed by atoms with Crippen LogP contribution < -0.4 is 5.32 Å². The number of hydrogen-bond acceptors (Lipinski definition) is 3. The molecule has 0 aliphatic rings. The maximum Gasteiger partial charge on any atom is 0.129 e. The van der Waals surface area contributed by atoms with Crippen LogP contribution in [-0.4, -0.2) is 21.9 Å². The van der Waals surface area contributed by atoms with Crippen LogP contribution in [-0.2, 0) is 6.42 Å². The zero-order chi connectivity index (χ0) is 11.8. The summed E-state index contributed by atoms with van der Waals surface area (Å²) in [6.45, 7) is 5.04. The molecule has 0 amide bonds. The Morgan fingerprint density at radius 2 is 2.12 bits per heavy atom. The Balaban J connectivity index is 2.44. The highest BCUT2D eigenvalue weighted by atomic mass is 35.5. The van der Waals surface area contributed by atoms with Crippen molar-refractivity contribution >= 4 is 17.4 Å². The van der Waals surface area contributed by atoms with E-state index in [2.05, 4.69) is 29.1 Å². The predicted octanol–water partition coefficient (Wildman–Crippen LogP) is 3.25. The molecule has 0 aliphatic carbocycles. The van der Waals surface area contributed by atoms with E-state index in [1.54, 1.807) is 6.33 Å². The molecule has 0 aromatic carbocycles. The number of aromatic nitrogens is 2. The SMILES string of the molecule is CCCc1cc(NCC(Cl)CCC)ncn1. The third-order valence-corrected chi connectivity index (χ3v) is 2.71. The van der Waals surface area contributed by atoms with Crippen LogP contribution in [0.15, 0.2) is 12.4 Å². The molecule has 3 nitrogen and oxygen atoms in total. The van der Waals surface area contributed by atoms with E-state index in [1.165, 1.54) is 0 Å². The van der Waals surface area contributed by atoms with Gasteiger partial charge in [-0.1, -0.05) is 26.7 Å². The van der Waals surface area contributed by atoms with Crippen molar-refractivity contribution in [1.29, 1.82) is 0 Å². The van der Waals surface area contributed by atoms with E-state index in [0.717, 1.165) is 43.7 Å². The van der Waals surface area contributed by atoms with E-state index in [0.29, 0.717) is 0 Å². The standard InChI is InChI=1S/C12H20ClN3/c1-3-5-10(13)8-14-12-7-11(6-4-2)15-9-16-12/h7,9-10H,3-6,8H2,1-2H3,(H,14,15,16). The molecule has 0 radical (unpaired) electrons. The summed E-state index contributed by atoms with van der Waals surface area (Å²) in [6.07, 6.45) is 5.85. The molecular weight excluding hydrogens is 222 g/mol. The Kier molecular flexibility index (Phi) is 6.16. The molecule has 0 spiro atoms. The lowest BCUT2D eigenvalue weighted by molar-refractivity contribution is 0.749. The summed E-state index contributed by atoms with van der Waals surface area (Å²) in [5.41, 5.74) is 1.08. The van der Waals surface area contributed by atoms with Crippen LogP contribution in [0.5, 0.6) is 0 Å². The summed E-state index contributed by atoms with van der Waals surface area (Å²) in [6, 6.07) is 2.00. The van der Waals surface area contributed by atoms with Crippen molar-refractivity contribution in [1.82, 2.24) is 9.97 Å². The number of halogens is 1. The number of alkyl halides is 1. The predicted molar refractivity (Wildman–Crippen MR) is 69.1 cm³/mol. The Hall–Kier alpha value is -0.830. The smallest absolute Gasteiger partial charge is 0.129 e. The molecule has 0 aliphatic heterocycles. The molecule has 0 saturated heterocycles. The summed E-state index contributed by atoms with van der Waals surface area (Å²) in [5.74, 6) is 0.875. The minimum absolute atomic E-state index is 0.176. The Morgan fingerprint density at radius 1 is 1.31 bits per heavy atom. The Morgan fingerprint density at radius 3 is 2.81 bits per heavy atom. The van der Waals surface area contributed by atoms with E-state index in [-0.39, 0.29) is 5.38 Å². The first kappa shape index (κ1) is 13.2. The highest BCUT2D eigenvalue weighted by molar-refractivity contribution is 6.20. The summed E-state index contributed by atoms with van der Waals surface area (Å²) < 4.78 is 0. The molecule has 0 bridgehead atoms. The van der Waals surface area contributed by atoms with Gasteiger partial charge in [-0.05, 0) is 12.8 Å². The molecule has 1 aromatic rings. The van der Waals surface area contributed by atoms with Gasteiger partial charge in [0.2, 0.25) is 0 Å². The van der Waals surface area contributed by atoms with Gasteiger partial charge >= 0.3 is 0 Å². The highest BCUT2D eigenvalue weighted by Crippen LogP contribution is 2.09. The Bertz CT molecular complexity index is 304. The lowest BCUT2D eigenvalue weighted by atomic mass is 10.2. The molecule has 1 atom stereocenters. The van der Waals surface area contributed by atoms with Gasteiger partial charge in [0, 0.05) is 18.3 Å². The maximum absolute atomic E-state index is 6.13. The van der Waals surface area contributed by atoms with Crippen LogP contribution in [0, 0.1) is 0 Å². The number of anilines is 1. The third kappa shape index (κ3) is 4.79. The molecule has 1 N–H and O–H groups in total. The molecule has 1 heterocycles. The Labute approximate surface area is 103 Å². The van der Waals surface area contributed by atoms with E-state index < -0.39 is 0 Å². The topological polar surface area (TPSA) is 37.8 Å². The first-order valence-corrected chi connectivity index (χ1v) is 6.38. The zero-order valence-electron chi connectivity index (χ0n) is 10.0. The van der Waals surface area contributed by atoms with Gasteiger partial charge in [-0.3, -0.25) is 0 Å². The molecular formula is C12H20ClN3. The fourth-order valence-electron chi connectivity index (χ4n) is 1.52. The highest BCUT2D eigenvalue weighted by Gasteiger charge is 2.03. The lowest BCUT2D eigenvalue weighted by Crippen LogP contribution is -2.14. The van der Waals surface area contributed by atoms with E-state index in [4.69, 9.17) is 11.6 Å². The quantitative estimate of drug-likeness (QED) is 0.745. The average Bonchev–Trinajstić information content (AvgIpc) is 2.28. The molecule has 1 rings (SSSR count). The second kappa shape index (κ2) is 7.44. The fourth-order valence-corrected chi connectivity index (χ4v) is 1.81. The van der Waals surface area contributed by atoms with Crippen LogP contribution in [0.3, 0.4) is 0 Å². The number of aryl methyl sites for hydroxylation is 1. The van der Waals surface area contributed by atoms with Crippen molar-refractivity contribution in [3.8, 4) is 0 Å². The van der Waals surface area contributed by atoms with Gasteiger partial charge < -0.3 is 5.32 Å². The fraction of sp³-hybridized carbons (Fsp3) is 0.667. The first-order chi connectivity index (χ1) is 7.76. The minimum Gasteiger partial charge on any atom is -0.368 e. The maximum atomic E-state index is 6.13. The summed E-state index contributed by atoms with van der Waals surface area (Å²) in [7, 11) is 0. The van der Waals surface area contributed by atoms with Crippen LogP contribution in [0.25, 0.3) is 0 Å². The van der Waals surface area contributed by atoms with Crippen LogP contribution >= 0.6 is 11.6 Å². The molecule has 4 heteroatoms. The number of rotatable bonds is 7. The molecule has 16 heavy (non-hydrogen) atoms. The molecule has 0 saturated carbocycles. The first-order valence-electron chi connectivity index (χ1n) is 5.95. The molecule has 90 valence electrons. The normalized spacial score (nSPS) is 12.4. The number of hydrogen-bond donors (Lipinski definition) is 1. The van der Waals surface area contributed by atoms with E-state index in [9.17, 15) is 0 Å². The average molecular weight is 242 g/mol. The summed E-state index contributed by atoms with van der Waals surface area (Å²) >= 11 is 6.13. The van der Waals surface area contributed by atoms with Gasteiger partial charge in [-0.15, -0.1) is 11.6 Å². The van der Waals surface area contributed by atoms with Gasteiger partial charge in [0.15, 0.2) is 0 Å². The molecule has 1 unspecified atom stereocenters. The zero-order valence-corrected chi connectivity index (χ0v) is 10.8. The van der Waals surface area contributed by atoms with Crippen molar-refractivity contribution in [3.63, 3.8) is 0 Å². The van der Waals surface area contributed by atoms with Crippen molar-refractivity contribution < 1.29 is 0 Å². The van der Waals surface area contributed by atoms with Crippen molar-refractivity contribution in [2.45, 2.75) is 44.9 Å². The third-order valence-electron chi connectivity index (χ3n) is 2.34. The minimum atomic E-state index is 0.176. The van der Waals surface area contributed by atoms with Gasteiger partial charge in [-0.25, -0.2) is 9.97 Å².